The summed E-state index contributed by atoms with van der Waals surface area (Å²) in [6.45, 7) is -0.182. The largest absolute Gasteiger partial charge is 0.495 e. The van der Waals surface area contributed by atoms with Crippen molar-refractivity contribution in [3.63, 3.8) is 0 Å². The Morgan fingerprint density at radius 3 is 2.67 bits per heavy atom. The number of aliphatic carboxylic acids is 1. The summed E-state index contributed by atoms with van der Waals surface area (Å²) < 4.78 is 9.87. The van der Waals surface area contributed by atoms with E-state index in [1.165, 1.54) is 13.2 Å². The number of benzene rings is 1. The van der Waals surface area contributed by atoms with Crippen molar-refractivity contribution in [2.24, 2.45) is 0 Å². The lowest BCUT2D eigenvalue weighted by Gasteiger charge is -2.08. The van der Waals surface area contributed by atoms with E-state index in [1.54, 1.807) is 0 Å². The lowest BCUT2D eigenvalue weighted by molar-refractivity contribution is -0.385. The van der Waals surface area contributed by atoms with E-state index < -0.39 is 10.9 Å². The van der Waals surface area contributed by atoms with Crippen molar-refractivity contribution < 1.29 is 24.3 Å². The summed E-state index contributed by atoms with van der Waals surface area (Å²) in [6.07, 6.45) is -0.263. The molecular weight excluding hydrogens is 266 g/mol. The lowest BCUT2D eigenvalue weighted by atomic mass is 10.2. The maximum atomic E-state index is 10.8. The molecule has 18 heavy (non-hydrogen) atoms. The Morgan fingerprint density at radius 2 is 2.17 bits per heavy atom. The third-order valence-electron chi connectivity index (χ3n) is 2.00. The van der Waals surface area contributed by atoms with E-state index in [0.717, 1.165) is 6.07 Å². The molecule has 8 heteroatoms. The van der Waals surface area contributed by atoms with Gasteiger partial charge >= 0.3 is 11.7 Å². The summed E-state index contributed by atoms with van der Waals surface area (Å²) in [5.41, 5.74) is -0.332. The van der Waals surface area contributed by atoms with Crippen LogP contribution < -0.4 is 9.47 Å². The number of carbonyl (C=O) groups is 1. The molecule has 0 aromatic heterocycles. The van der Waals surface area contributed by atoms with Crippen LogP contribution in [0.3, 0.4) is 0 Å². The van der Waals surface area contributed by atoms with Gasteiger partial charge in [0.2, 0.25) is 0 Å². The third-order valence-corrected chi connectivity index (χ3v) is 2.30. The summed E-state index contributed by atoms with van der Waals surface area (Å²) in [5.74, 6) is -1.00. The molecule has 1 aromatic rings. The zero-order valence-electron chi connectivity index (χ0n) is 9.38. The van der Waals surface area contributed by atoms with Crippen LogP contribution in [0.5, 0.6) is 11.5 Å². The minimum Gasteiger partial charge on any atom is -0.495 e. The van der Waals surface area contributed by atoms with E-state index in [4.69, 9.17) is 26.2 Å². The highest BCUT2D eigenvalue weighted by molar-refractivity contribution is 6.32. The molecule has 1 N–H and O–H groups in total. The topological polar surface area (TPSA) is 98.9 Å². The highest BCUT2D eigenvalue weighted by atomic mass is 35.5. The molecule has 0 aliphatic rings. The summed E-state index contributed by atoms with van der Waals surface area (Å²) in [6, 6.07) is 2.35. The first-order valence-electron chi connectivity index (χ1n) is 4.82. The van der Waals surface area contributed by atoms with Crippen molar-refractivity contribution in [2.45, 2.75) is 6.42 Å². The van der Waals surface area contributed by atoms with Crippen molar-refractivity contribution in [1.82, 2.24) is 0 Å². The number of ether oxygens (including phenoxy) is 2. The van der Waals surface area contributed by atoms with Gasteiger partial charge in [0.05, 0.1) is 36.1 Å². The monoisotopic (exact) mass is 275 g/mol. The number of methoxy groups -OCH3 is 1. The fourth-order valence-electron chi connectivity index (χ4n) is 1.19. The van der Waals surface area contributed by atoms with Gasteiger partial charge in [0.1, 0.15) is 5.75 Å². The molecule has 1 aromatic carbocycles. The van der Waals surface area contributed by atoms with Crippen LogP contribution in [-0.2, 0) is 4.79 Å². The Labute approximate surface area is 107 Å². The summed E-state index contributed by atoms with van der Waals surface area (Å²) in [7, 11) is 1.33. The van der Waals surface area contributed by atoms with Crippen LogP contribution in [0.1, 0.15) is 6.42 Å². The molecule has 0 unspecified atom stereocenters. The molecule has 7 nitrogen and oxygen atoms in total. The smallest absolute Gasteiger partial charge is 0.314 e. The standard InChI is InChI=1S/C10H10ClNO6/c1-17-8-5-7(12(15)16)9(4-6(8)11)18-3-2-10(13)14/h4-5H,2-3H2,1H3,(H,13,14). The maximum Gasteiger partial charge on any atom is 0.314 e. The van der Waals surface area contributed by atoms with Gasteiger partial charge in [0.15, 0.2) is 5.75 Å². The number of nitrogens with zero attached hydrogens (tertiary/aromatic N) is 1. The van der Waals surface area contributed by atoms with Gasteiger partial charge in [0.25, 0.3) is 0 Å². The first-order chi connectivity index (χ1) is 8.45. The van der Waals surface area contributed by atoms with Gasteiger partial charge in [0, 0.05) is 6.07 Å². The molecule has 0 heterocycles. The number of carboxylic acid groups (broad SMARTS) is 1. The van der Waals surface area contributed by atoms with Gasteiger partial charge in [-0.2, -0.15) is 0 Å². The molecule has 0 aliphatic heterocycles. The van der Waals surface area contributed by atoms with Gasteiger partial charge in [-0.3, -0.25) is 14.9 Å². The highest BCUT2D eigenvalue weighted by Crippen LogP contribution is 2.37. The number of rotatable bonds is 6. The number of nitro groups is 1. The molecule has 0 aliphatic carbocycles. The zero-order chi connectivity index (χ0) is 13.7. The van der Waals surface area contributed by atoms with Gasteiger partial charge in [-0.05, 0) is 0 Å². The van der Waals surface area contributed by atoms with Gasteiger partial charge in [-0.15, -0.1) is 0 Å². The zero-order valence-corrected chi connectivity index (χ0v) is 10.1. The van der Waals surface area contributed by atoms with Crippen molar-refractivity contribution in [2.75, 3.05) is 13.7 Å². The van der Waals surface area contributed by atoms with Crippen LogP contribution in [-0.4, -0.2) is 29.7 Å². The molecule has 0 radical (unpaired) electrons. The number of nitro benzene ring substituents is 1. The van der Waals surface area contributed by atoms with Gasteiger partial charge in [-0.1, -0.05) is 11.6 Å². The van der Waals surface area contributed by atoms with E-state index in [2.05, 4.69) is 0 Å². The maximum absolute atomic E-state index is 10.8. The van der Waals surface area contributed by atoms with Crippen molar-refractivity contribution in [3.05, 3.63) is 27.3 Å². The Bertz CT molecular complexity index is 476. The minimum atomic E-state index is -1.06. The number of hydrogen-bond acceptors (Lipinski definition) is 5. The normalized spacial score (nSPS) is 9.89. The number of hydrogen-bond donors (Lipinski definition) is 1. The van der Waals surface area contributed by atoms with Crippen LogP contribution in [0.25, 0.3) is 0 Å². The molecule has 0 fully saturated rings. The molecule has 0 saturated heterocycles. The number of carboxylic acids is 1. The molecule has 1 rings (SSSR count). The van der Waals surface area contributed by atoms with Crippen LogP contribution in [0.4, 0.5) is 5.69 Å². The molecule has 0 amide bonds. The van der Waals surface area contributed by atoms with Crippen molar-refractivity contribution >= 4 is 23.3 Å². The Kier molecular flexibility index (Phi) is 4.73. The van der Waals surface area contributed by atoms with E-state index in [-0.39, 0.29) is 35.2 Å². The summed E-state index contributed by atoms with van der Waals surface area (Å²) in [4.78, 5) is 20.5. The van der Waals surface area contributed by atoms with Crippen LogP contribution >= 0.6 is 11.6 Å². The molecule has 0 spiro atoms. The lowest BCUT2D eigenvalue weighted by Crippen LogP contribution is -2.06. The second kappa shape index (κ2) is 6.06. The van der Waals surface area contributed by atoms with Crippen LogP contribution in [0, 0.1) is 10.1 Å². The van der Waals surface area contributed by atoms with E-state index in [0.29, 0.717) is 0 Å². The average molecular weight is 276 g/mol. The Hall–Kier alpha value is -2.02. The summed E-state index contributed by atoms with van der Waals surface area (Å²) in [5, 5.41) is 19.4. The van der Waals surface area contributed by atoms with E-state index in [1.807, 2.05) is 0 Å². The minimum absolute atomic E-state index is 0.0907. The van der Waals surface area contributed by atoms with Crippen LogP contribution in [0.15, 0.2) is 12.1 Å². The Morgan fingerprint density at radius 1 is 1.50 bits per heavy atom. The predicted octanol–water partition coefficient (Wildman–Crippen LogP) is 2.11. The van der Waals surface area contributed by atoms with E-state index >= 15 is 0 Å². The molecule has 0 bridgehead atoms. The second-order valence-corrected chi connectivity index (χ2v) is 3.61. The van der Waals surface area contributed by atoms with Crippen molar-refractivity contribution in [3.8, 4) is 11.5 Å². The fourth-order valence-corrected chi connectivity index (χ4v) is 1.42. The predicted molar refractivity (Wildman–Crippen MR) is 62.4 cm³/mol. The van der Waals surface area contributed by atoms with Gasteiger partial charge in [-0.25, -0.2) is 0 Å². The van der Waals surface area contributed by atoms with Gasteiger partial charge < -0.3 is 14.6 Å². The molecule has 0 atom stereocenters. The fraction of sp³-hybridized carbons (Fsp3) is 0.300. The Balaban J connectivity index is 2.98. The quantitative estimate of drug-likeness (QED) is 0.630. The molecular formula is C10H10ClNO6. The third kappa shape index (κ3) is 3.49. The first-order valence-corrected chi connectivity index (χ1v) is 5.20. The average Bonchev–Trinajstić information content (AvgIpc) is 2.28. The first kappa shape index (κ1) is 14.0. The molecule has 0 saturated carbocycles. The summed E-state index contributed by atoms with van der Waals surface area (Å²) >= 11 is 5.80. The number of halogens is 1. The molecule has 98 valence electrons. The van der Waals surface area contributed by atoms with Crippen LogP contribution in [0.2, 0.25) is 5.02 Å². The highest BCUT2D eigenvalue weighted by Gasteiger charge is 2.19. The second-order valence-electron chi connectivity index (χ2n) is 3.20. The van der Waals surface area contributed by atoms with E-state index in [9.17, 15) is 14.9 Å². The SMILES string of the molecule is COc1cc([N+](=O)[O-])c(OCCC(=O)O)cc1Cl. The van der Waals surface area contributed by atoms with Crippen molar-refractivity contribution in [1.29, 1.82) is 0 Å².